The molecule has 0 aliphatic rings. The van der Waals surface area contributed by atoms with E-state index in [0.29, 0.717) is 5.75 Å². The molecule has 2 rings (SSSR count). The van der Waals surface area contributed by atoms with Gasteiger partial charge in [-0.15, -0.1) is 11.8 Å². The van der Waals surface area contributed by atoms with Crippen LogP contribution in [0.1, 0.15) is 20.8 Å². The molecule has 0 aliphatic heterocycles. The molecule has 0 heterocycles. The predicted molar refractivity (Wildman–Crippen MR) is 93.8 cm³/mol. The quantitative estimate of drug-likeness (QED) is 0.848. The van der Waals surface area contributed by atoms with Crippen LogP contribution in [-0.2, 0) is 4.79 Å². The number of rotatable bonds is 5. The van der Waals surface area contributed by atoms with E-state index in [4.69, 9.17) is 4.74 Å². The molecule has 0 atom stereocenters. The van der Waals surface area contributed by atoms with Crippen molar-refractivity contribution in [3.05, 3.63) is 54.6 Å². The maximum atomic E-state index is 11.9. The van der Waals surface area contributed by atoms with Crippen LogP contribution in [0.5, 0.6) is 11.5 Å². The number of nitrogens with one attached hydrogen (secondary N) is 1. The summed E-state index contributed by atoms with van der Waals surface area (Å²) in [4.78, 5) is 11.9. The highest BCUT2D eigenvalue weighted by atomic mass is 32.2. The van der Waals surface area contributed by atoms with Gasteiger partial charge in [-0.25, -0.2) is 0 Å². The number of para-hydroxylation sites is 1. The Balaban J connectivity index is 1.88. The lowest BCUT2D eigenvalue weighted by molar-refractivity contribution is -0.113. The van der Waals surface area contributed by atoms with Gasteiger partial charge in [-0.1, -0.05) is 39.0 Å². The van der Waals surface area contributed by atoms with E-state index in [1.54, 1.807) is 11.8 Å². The average molecular weight is 315 g/mol. The summed E-state index contributed by atoms with van der Waals surface area (Å²) >= 11 is 1.63. The molecule has 4 heteroatoms. The number of ether oxygens (including phenoxy) is 1. The summed E-state index contributed by atoms with van der Waals surface area (Å²) in [5.74, 6) is 2.00. The molecule has 1 amide bonds. The monoisotopic (exact) mass is 315 g/mol. The number of carbonyl (C=O) groups excluding carboxylic acids is 1. The fourth-order valence-corrected chi connectivity index (χ4v) is 2.35. The third-order valence-corrected chi connectivity index (χ3v) is 4.03. The second-order valence-corrected chi connectivity index (χ2v) is 7.69. The highest BCUT2D eigenvalue weighted by Crippen LogP contribution is 2.24. The van der Waals surface area contributed by atoms with Crippen LogP contribution in [0, 0.1) is 0 Å². The second-order valence-electron chi connectivity index (χ2n) is 5.89. The molecule has 2 aromatic carbocycles. The van der Waals surface area contributed by atoms with Gasteiger partial charge in [-0.05, 0) is 36.4 Å². The molecule has 0 bridgehead atoms. The first kappa shape index (κ1) is 16.4. The number of carbonyl (C=O) groups is 1. The first-order chi connectivity index (χ1) is 10.4. The third kappa shape index (κ3) is 5.82. The van der Waals surface area contributed by atoms with E-state index >= 15 is 0 Å². The average Bonchev–Trinajstić information content (AvgIpc) is 2.48. The highest BCUT2D eigenvalue weighted by molar-refractivity contribution is 8.01. The second kappa shape index (κ2) is 7.36. The molecule has 22 heavy (non-hydrogen) atoms. The van der Waals surface area contributed by atoms with Crippen molar-refractivity contribution < 1.29 is 9.53 Å². The van der Waals surface area contributed by atoms with E-state index < -0.39 is 0 Å². The molecule has 0 unspecified atom stereocenters. The normalized spacial score (nSPS) is 11.0. The number of anilines is 1. The number of amides is 1. The maximum Gasteiger partial charge on any atom is 0.234 e. The number of hydrogen-bond acceptors (Lipinski definition) is 3. The van der Waals surface area contributed by atoms with Crippen LogP contribution in [0.4, 0.5) is 5.69 Å². The van der Waals surface area contributed by atoms with Gasteiger partial charge in [0.2, 0.25) is 5.91 Å². The fraction of sp³-hybridized carbons (Fsp3) is 0.278. The molecular formula is C18H21NO2S. The molecule has 3 nitrogen and oxygen atoms in total. The molecule has 0 aromatic heterocycles. The van der Waals surface area contributed by atoms with Crippen LogP contribution in [0.2, 0.25) is 0 Å². The van der Waals surface area contributed by atoms with Gasteiger partial charge in [-0.3, -0.25) is 4.79 Å². The van der Waals surface area contributed by atoms with Gasteiger partial charge in [0.15, 0.2) is 0 Å². The Kier molecular flexibility index (Phi) is 5.50. The topological polar surface area (TPSA) is 38.3 Å². The van der Waals surface area contributed by atoms with Gasteiger partial charge in [0, 0.05) is 10.4 Å². The SMILES string of the molecule is CC(C)(C)SCC(=O)Nc1ccc(Oc2ccccc2)cc1. The zero-order valence-corrected chi connectivity index (χ0v) is 13.9. The number of benzene rings is 2. The molecule has 2 aromatic rings. The Morgan fingerprint density at radius 3 is 2.18 bits per heavy atom. The van der Waals surface area contributed by atoms with Gasteiger partial charge in [-0.2, -0.15) is 0 Å². The van der Waals surface area contributed by atoms with Crippen LogP contribution in [0.3, 0.4) is 0 Å². The van der Waals surface area contributed by atoms with Crippen molar-refractivity contribution in [2.75, 3.05) is 11.1 Å². The summed E-state index contributed by atoms with van der Waals surface area (Å²) in [6.07, 6.45) is 0. The Labute approximate surface area is 136 Å². The van der Waals surface area contributed by atoms with Gasteiger partial charge in [0.05, 0.1) is 5.75 Å². The zero-order valence-electron chi connectivity index (χ0n) is 13.1. The van der Waals surface area contributed by atoms with Gasteiger partial charge in [0.1, 0.15) is 11.5 Å². The Bertz CT molecular complexity index is 603. The van der Waals surface area contributed by atoms with E-state index in [1.807, 2.05) is 54.6 Å². The predicted octanol–water partition coefficient (Wildman–Crippen LogP) is 4.95. The largest absolute Gasteiger partial charge is 0.457 e. The minimum absolute atomic E-state index is 0.0108. The van der Waals surface area contributed by atoms with Crippen molar-refractivity contribution in [3.8, 4) is 11.5 Å². The molecule has 116 valence electrons. The molecule has 0 fully saturated rings. The first-order valence-corrected chi connectivity index (χ1v) is 8.18. The lowest BCUT2D eigenvalue weighted by Gasteiger charge is -2.17. The van der Waals surface area contributed by atoms with E-state index in [0.717, 1.165) is 17.2 Å². The van der Waals surface area contributed by atoms with E-state index in [1.165, 1.54) is 0 Å². The summed E-state index contributed by atoms with van der Waals surface area (Å²) in [6, 6.07) is 17.0. The Morgan fingerprint density at radius 1 is 1.00 bits per heavy atom. The van der Waals surface area contributed by atoms with Crippen LogP contribution in [0.25, 0.3) is 0 Å². The molecule has 0 aliphatic carbocycles. The molecule has 0 spiro atoms. The minimum atomic E-state index is 0.0108. The Morgan fingerprint density at radius 2 is 1.59 bits per heavy atom. The minimum Gasteiger partial charge on any atom is -0.457 e. The highest BCUT2D eigenvalue weighted by Gasteiger charge is 2.13. The van der Waals surface area contributed by atoms with E-state index in [-0.39, 0.29) is 10.7 Å². The lowest BCUT2D eigenvalue weighted by atomic mass is 10.3. The lowest BCUT2D eigenvalue weighted by Crippen LogP contribution is -2.18. The first-order valence-electron chi connectivity index (χ1n) is 7.19. The van der Waals surface area contributed by atoms with Crippen molar-refractivity contribution in [2.45, 2.75) is 25.5 Å². The van der Waals surface area contributed by atoms with Crippen LogP contribution in [0.15, 0.2) is 54.6 Å². The summed E-state index contributed by atoms with van der Waals surface area (Å²) in [5, 5.41) is 2.89. The van der Waals surface area contributed by atoms with Crippen molar-refractivity contribution in [1.29, 1.82) is 0 Å². The van der Waals surface area contributed by atoms with E-state index in [2.05, 4.69) is 26.1 Å². The summed E-state index contributed by atoms with van der Waals surface area (Å²) in [6.45, 7) is 6.29. The van der Waals surface area contributed by atoms with Crippen LogP contribution < -0.4 is 10.1 Å². The van der Waals surface area contributed by atoms with Gasteiger partial charge < -0.3 is 10.1 Å². The van der Waals surface area contributed by atoms with Crippen molar-refractivity contribution in [1.82, 2.24) is 0 Å². The maximum absolute atomic E-state index is 11.9. The number of thioether (sulfide) groups is 1. The third-order valence-electron chi connectivity index (χ3n) is 2.75. The van der Waals surface area contributed by atoms with Crippen molar-refractivity contribution in [2.24, 2.45) is 0 Å². The summed E-state index contributed by atoms with van der Waals surface area (Å²) in [7, 11) is 0. The molecule has 0 saturated heterocycles. The molecule has 0 radical (unpaired) electrons. The summed E-state index contributed by atoms with van der Waals surface area (Å²) < 4.78 is 5.80. The van der Waals surface area contributed by atoms with Gasteiger partial charge in [0.25, 0.3) is 0 Å². The van der Waals surface area contributed by atoms with Crippen molar-refractivity contribution in [3.63, 3.8) is 0 Å². The number of hydrogen-bond donors (Lipinski definition) is 1. The Hall–Kier alpha value is -1.94. The smallest absolute Gasteiger partial charge is 0.234 e. The zero-order chi connectivity index (χ0) is 16.0. The van der Waals surface area contributed by atoms with Crippen molar-refractivity contribution >= 4 is 23.4 Å². The van der Waals surface area contributed by atoms with Crippen LogP contribution in [-0.4, -0.2) is 16.4 Å². The molecular weight excluding hydrogens is 294 g/mol. The van der Waals surface area contributed by atoms with E-state index in [9.17, 15) is 4.79 Å². The summed E-state index contributed by atoms with van der Waals surface area (Å²) in [5.41, 5.74) is 0.778. The van der Waals surface area contributed by atoms with Gasteiger partial charge >= 0.3 is 0 Å². The molecule has 0 saturated carbocycles. The fourth-order valence-electron chi connectivity index (χ4n) is 1.71. The molecule has 1 N–H and O–H groups in total. The standard InChI is InChI=1S/C18H21NO2S/c1-18(2,3)22-13-17(20)19-14-9-11-16(12-10-14)21-15-7-5-4-6-8-15/h4-12H,13H2,1-3H3,(H,19,20). The van der Waals surface area contributed by atoms with Crippen LogP contribution >= 0.6 is 11.8 Å².